The molecule has 0 spiro atoms. The van der Waals surface area contributed by atoms with E-state index in [0.717, 1.165) is 5.69 Å². The zero-order valence-electron chi connectivity index (χ0n) is 18.5. The molecule has 1 heterocycles. The SMILES string of the molecule is CC(C)COc1cccc(C(=O)OCC(=O)N2CCN(C(=O)Nc3ccccc3)CC2)c1. The summed E-state index contributed by atoms with van der Waals surface area (Å²) in [7, 11) is 0. The van der Waals surface area contributed by atoms with E-state index in [9.17, 15) is 14.4 Å². The Morgan fingerprint density at radius 3 is 2.31 bits per heavy atom. The van der Waals surface area contributed by atoms with Gasteiger partial charge in [0, 0.05) is 31.9 Å². The van der Waals surface area contributed by atoms with Crippen molar-refractivity contribution in [3.8, 4) is 5.75 Å². The molecule has 1 aliphatic heterocycles. The van der Waals surface area contributed by atoms with Crippen LogP contribution in [0.1, 0.15) is 24.2 Å². The Morgan fingerprint density at radius 1 is 0.938 bits per heavy atom. The number of nitrogens with one attached hydrogen (secondary N) is 1. The van der Waals surface area contributed by atoms with Crippen molar-refractivity contribution >= 4 is 23.6 Å². The van der Waals surface area contributed by atoms with Crippen LogP contribution in [0, 0.1) is 5.92 Å². The van der Waals surface area contributed by atoms with Crippen LogP contribution in [0.4, 0.5) is 10.5 Å². The van der Waals surface area contributed by atoms with E-state index in [-0.39, 0.29) is 18.5 Å². The van der Waals surface area contributed by atoms with Crippen molar-refractivity contribution in [3.63, 3.8) is 0 Å². The molecule has 3 rings (SSSR count). The first-order valence-corrected chi connectivity index (χ1v) is 10.7. The lowest BCUT2D eigenvalue weighted by molar-refractivity contribution is -0.135. The van der Waals surface area contributed by atoms with Crippen LogP contribution in [0.2, 0.25) is 0 Å². The van der Waals surface area contributed by atoms with Crippen molar-refractivity contribution in [1.82, 2.24) is 9.80 Å². The Hall–Kier alpha value is -3.55. The molecular weight excluding hydrogens is 410 g/mol. The Morgan fingerprint density at radius 2 is 1.62 bits per heavy atom. The number of carbonyl (C=O) groups is 3. The topological polar surface area (TPSA) is 88.2 Å². The zero-order chi connectivity index (χ0) is 22.9. The number of urea groups is 1. The van der Waals surface area contributed by atoms with Gasteiger partial charge in [-0.3, -0.25) is 4.79 Å². The van der Waals surface area contributed by atoms with Crippen molar-refractivity contribution in [2.75, 3.05) is 44.7 Å². The molecule has 0 atom stereocenters. The Kier molecular flexibility index (Phi) is 8.08. The number of carbonyl (C=O) groups excluding carboxylic acids is 3. The number of ether oxygens (including phenoxy) is 2. The average Bonchev–Trinajstić information content (AvgIpc) is 2.82. The fraction of sp³-hybridized carbons (Fsp3) is 0.375. The summed E-state index contributed by atoms with van der Waals surface area (Å²) in [6.45, 7) is 5.88. The maximum absolute atomic E-state index is 12.5. The third-order valence-electron chi connectivity index (χ3n) is 4.92. The highest BCUT2D eigenvalue weighted by Crippen LogP contribution is 2.15. The molecule has 3 amide bonds. The van der Waals surface area contributed by atoms with Crippen LogP contribution in [0.25, 0.3) is 0 Å². The van der Waals surface area contributed by atoms with E-state index in [2.05, 4.69) is 5.32 Å². The molecule has 32 heavy (non-hydrogen) atoms. The second kappa shape index (κ2) is 11.2. The molecule has 2 aromatic rings. The highest BCUT2D eigenvalue weighted by molar-refractivity contribution is 5.92. The number of rotatable bonds is 7. The summed E-state index contributed by atoms with van der Waals surface area (Å²) < 4.78 is 10.8. The largest absolute Gasteiger partial charge is 0.493 e. The number of anilines is 1. The maximum Gasteiger partial charge on any atom is 0.338 e. The lowest BCUT2D eigenvalue weighted by Gasteiger charge is -2.34. The molecule has 1 aliphatic rings. The third-order valence-corrected chi connectivity index (χ3v) is 4.92. The number of nitrogens with zero attached hydrogens (tertiary/aromatic N) is 2. The van der Waals surface area contributed by atoms with Gasteiger partial charge in [0.2, 0.25) is 0 Å². The van der Waals surface area contributed by atoms with E-state index in [4.69, 9.17) is 9.47 Å². The normalized spacial score (nSPS) is 13.6. The van der Waals surface area contributed by atoms with Gasteiger partial charge in [0.15, 0.2) is 6.61 Å². The van der Waals surface area contributed by atoms with Gasteiger partial charge < -0.3 is 24.6 Å². The third kappa shape index (κ3) is 6.73. The van der Waals surface area contributed by atoms with Gasteiger partial charge in [0.1, 0.15) is 5.75 Å². The van der Waals surface area contributed by atoms with Gasteiger partial charge in [-0.2, -0.15) is 0 Å². The Labute approximate surface area is 188 Å². The van der Waals surface area contributed by atoms with Gasteiger partial charge in [0.25, 0.3) is 5.91 Å². The smallest absolute Gasteiger partial charge is 0.338 e. The number of amides is 3. The molecule has 0 saturated carbocycles. The van der Waals surface area contributed by atoms with Crippen molar-refractivity contribution in [1.29, 1.82) is 0 Å². The van der Waals surface area contributed by atoms with E-state index in [1.807, 2.05) is 44.2 Å². The number of hydrogen-bond acceptors (Lipinski definition) is 5. The molecule has 1 fully saturated rings. The van der Waals surface area contributed by atoms with Gasteiger partial charge in [-0.05, 0) is 36.2 Å². The quantitative estimate of drug-likeness (QED) is 0.669. The summed E-state index contributed by atoms with van der Waals surface area (Å²) in [6, 6.07) is 15.7. The molecule has 0 bridgehead atoms. The van der Waals surface area contributed by atoms with E-state index < -0.39 is 5.97 Å². The molecule has 0 unspecified atom stereocenters. The van der Waals surface area contributed by atoms with Crippen molar-refractivity contribution in [2.24, 2.45) is 5.92 Å². The summed E-state index contributed by atoms with van der Waals surface area (Å²) in [4.78, 5) is 40.4. The summed E-state index contributed by atoms with van der Waals surface area (Å²) in [5, 5.41) is 2.84. The first-order valence-electron chi connectivity index (χ1n) is 10.7. The molecule has 8 nitrogen and oxygen atoms in total. The number of hydrogen-bond donors (Lipinski definition) is 1. The maximum atomic E-state index is 12.5. The minimum absolute atomic E-state index is 0.200. The van der Waals surface area contributed by atoms with Gasteiger partial charge in [-0.25, -0.2) is 9.59 Å². The first kappa shape index (κ1) is 23.1. The van der Waals surface area contributed by atoms with Crippen LogP contribution in [-0.4, -0.2) is 67.1 Å². The van der Waals surface area contributed by atoms with Gasteiger partial charge in [0.05, 0.1) is 12.2 Å². The van der Waals surface area contributed by atoms with Crippen molar-refractivity contribution in [3.05, 3.63) is 60.2 Å². The summed E-state index contributed by atoms with van der Waals surface area (Å²) in [5.41, 5.74) is 1.06. The van der Waals surface area contributed by atoms with Crippen LogP contribution < -0.4 is 10.1 Å². The highest BCUT2D eigenvalue weighted by Gasteiger charge is 2.25. The van der Waals surface area contributed by atoms with Crippen LogP contribution >= 0.6 is 0 Å². The summed E-state index contributed by atoms with van der Waals surface area (Å²) >= 11 is 0. The molecule has 170 valence electrons. The van der Waals surface area contributed by atoms with Crippen LogP contribution in [0.5, 0.6) is 5.75 Å². The predicted molar refractivity (Wildman–Crippen MR) is 121 cm³/mol. The molecular formula is C24H29N3O5. The average molecular weight is 440 g/mol. The monoisotopic (exact) mass is 439 g/mol. The highest BCUT2D eigenvalue weighted by atomic mass is 16.5. The van der Waals surface area contributed by atoms with E-state index >= 15 is 0 Å². The summed E-state index contributed by atoms with van der Waals surface area (Å²) in [5.74, 6) is 0.0976. The van der Waals surface area contributed by atoms with Crippen LogP contribution in [-0.2, 0) is 9.53 Å². The van der Waals surface area contributed by atoms with Crippen LogP contribution in [0.3, 0.4) is 0 Å². The molecule has 8 heteroatoms. The molecule has 1 N–H and O–H groups in total. The van der Waals surface area contributed by atoms with Gasteiger partial charge in [-0.15, -0.1) is 0 Å². The molecule has 0 aliphatic carbocycles. The Bertz CT molecular complexity index is 924. The van der Waals surface area contributed by atoms with E-state index in [0.29, 0.717) is 50.0 Å². The van der Waals surface area contributed by atoms with Gasteiger partial charge in [-0.1, -0.05) is 38.1 Å². The number of esters is 1. The second-order valence-electron chi connectivity index (χ2n) is 7.97. The second-order valence-corrected chi connectivity index (χ2v) is 7.97. The lowest BCUT2D eigenvalue weighted by Crippen LogP contribution is -2.52. The van der Waals surface area contributed by atoms with Crippen molar-refractivity contribution < 1.29 is 23.9 Å². The molecule has 0 aromatic heterocycles. The minimum atomic E-state index is -0.575. The standard InChI is InChI=1S/C24H29N3O5/c1-18(2)16-31-21-10-6-7-19(15-21)23(29)32-17-22(28)26-11-13-27(14-12-26)24(30)25-20-8-4-3-5-9-20/h3-10,15,18H,11-14,16-17H2,1-2H3,(H,25,30). The Balaban J connectivity index is 1.42. The van der Waals surface area contributed by atoms with E-state index in [1.165, 1.54) is 0 Å². The number of piperazine rings is 1. The molecule has 0 radical (unpaired) electrons. The molecule has 2 aromatic carbocycles. The fourth-order valence-corrected chi connectivity index (χ4v) is 3.16. The van der Waals surface area contributed by atoms with Gasteiger partial charge >= 0.3 is 12.0 Å². The predicted octanol–water partition coefficient (Wildman–Crippen LogP) is 3.25. The lowest BCUT2D eigenvalue weighted by atomic mass is 10.2. The number of para-hydroxylation sites is 1. The van der Waals surface area contributed by atoms with Crippen molar-refractivity contribution in [2.45, 2.75) is 13.8 Å². The first-order chi connectivity index (χ1) is 15.4. The number of benzene rings is 2. The van der Waals surface area contributed by atoms with E-state index in [1.54, 1.807) is 34.1 Å². The summed E-state index contributed by atoms with van der Waals surface area (Å²) in [6.07, 6.45) is 0. The minimum Gasteiger partial charge on any atom is -0.493 e. The van der Waals surface area contributed by atoms with Crippen LogP contribution in [0.15, 0.2) is 54.6 Å². The molecule has 1 saturated heterocycles. The zero-order valence-corrected chi connectivity index (χ0v) is 18.5. The fourth-order valence-electron chi connectivity index (χ4n) is 3.16.